The van der Waals surface area contributed by atoms with E-state index in [0.717, 1.165) is 12.1 Å². The van der Waals surface area contributed by atoms with Gasteiger partial charge in [0, 0.05) is 11.6 Å². The summed E-state index contributed by atoms with van der Waals surface area (Å²) < 4.78 is 5.22. The van der Waals surface area contributed by atoms with Crippen molar-refractivity contribution in [3.63, 3.8) is 0 Å². The first-order valence-corrected chi connectivity index (χ1v) is 5.61. The molecular weight excluding hydrogens is 222 g/mol. The van der Waals surface area contributed by atoms with Gasteiger partial charge in [-0.3, -0.25) is 4.79 Å². The molecule has 1 rings (SSSR count). The van der Waals surface area contributed by atoms with Crippen molar-refractivity contribution in [1.29, 1.82) is 0 Å². The Morgan fingerprint density at radius 1 is 1.65 bits per heavy atom. The monoisotopic (exact) mass is 241 g/mol. The fraction of sp³-hybridized carbons (Fsp3) is 0.727. The third-order valence-electron chi connectivity index (χ3n) is 2.98. The summed E-state index contributed by atoms with van der Waals surface area (Å²) in [6.45, 7) is 5.63. The van der Waals surface area contributed by atoms with Gasteiger partial charge in [0.15, 0.2) is 0 Å². The molecule has 96 valence electrons. The van der Waals surface area contributed by atoms with Crippen LogP contribution in [0.2, 0.25) is 0 Å². The second-order valence-corrected chi connectivity index (χ2v) is 4.84. The van der Waals surface area contributed by atoms with Crippen molar-refractivity contribution in [3.05, 3.63) is 0 Å². The molecule has 0 spiro atoms. The lowest BCUT2D eigenvalue weighted by molar-refractivity contribution is -0.146. The molecule has 17 heavy (non-hydrogen) atoms. The Balaban J connectivity index is 2.43. The van der Waals surface area contributed by atoms with Crippen LogP contribution >= 0.6 is 0 Å². The van der Waals surface area contributed by atoms with E-state index in [9.17, 15) is 9.59 Å². The van der Waals surface area contributed by atoms with Crippen LogP contribution in [0.15, 0.2) is 5.10 Å². The van der Waals surface area contributed by atoms with E-state index in [-0.39, 0.29) is 11.9 Å². The molecule has 2 amide bonds. The molecule has 0 aromatic rings. The van der Waals surface area contributed by atoms with E-state index >= 15 is 0 Å². The number of carbonyl (C=O) groups excluding carboxylic acids is 2. The summed E-state index contributed by atoms with van der Waals surface area (Å²) in [7, 11) is 0. The molecule has 0 saturated carbocycles. The lowest BCUT2D eigenvalue weighted by Gasteiger charge is -2.24. The highest BCUT2D eigenvalue weighted by atomic mass is 16.6. The van der Waals surface area contributed by atoms with Gasteiger partial charge in [-0.25, -0.2) is 10.2 Å². The van der Waals surface area contributed by atoms with Crippen molar-refractivity contribution < 1.29 is 14.3 Å². The lowest BCUT2D eigenvalue weighted by atomic mass is 9.86. The number of nitrogens with two attached hydrogens (primary N) is 1. The highest BCUT2D eigenvalue weighted by Crippen LogP contribution is 2.35. The molecule has 1 atom stereocenters. The van der Waals surface area contributed by atoms with Crippen LogP contribution in [0, 0.1) is 5.92 Å². The molecule has 6 nitrogen and oxygen atoms in total. The smallest absolute Gasteiger partial charge is 0.332 e. The zero-order valence-corrected chi connectivity index (χ0v) is 10.4. The molecule has 0 bridgehead atoms. The van der Waals surface area contributed by atoms with E-state index in [0.29, 0.717) is 12.8 Å². The number of hydrogen-bond acceptors (Lipinski definition) is 4. The van der Waals surface area contributed by atoms with Crippen LogP contribution in [0.3, 0.4) is 0 Å². The van der Waals surface area contributed by atoms with Crippen LogP contribution in [0.4, 0.5) is 4.79 Å². The maximum atomic E-state index is 11.2. The maximum Gasteiger partial charge on any atom is 0.332 e. The molecule has 1 aliphatic rings. The van der Waals surface area contributed by atoms with Gasteiger partial charge in [0.25, 0.3) is 0 Å². The summed E-state index contributed by atoms with van der Waals surface area (Å²) in [5.41, 5.74) is 7.45. The molecule has 1 fully saturated rings. The van der Waals surface area contributed by atoms with Gasteiger partial charge in [-0.1, -0.05) is 0 Å². The van der Waals surface area contributed by atoms with E-state index in [2.05, 4.69) is 10.5 Å². The maximum absolute atomic E-state index is 11.2. The van der Waals surface area contributed by atoms with Crippen LogP contribution in [0.5, 0.6) is 0 Å². The van der Waals surface area contributed by atoms with Gasteiger partial charge in [0.05, 0.1) is 6.42 Å². The number of rotatable bonds is 4. The Morgan fingerprint density at radius 3 is 2.76 bits per heavy atom. The summed E-state index contributed by atoms with van der Waals surface area (Å²) in [5.74, 6) is 0.0404. The van der Waals surface area contributed by atoms with Crippen LogP contribution in [0.25, 0.3) is 0 Å². The molecule has 3 N–H and O–H groups in total. The molecular formula is C11H19N3O3. The van der Waals surface area contributed by atoms with Gasteiger partial charge in [-0.15, -0.1) is 0 Å². The van der Waals surface area contributed by atoms with Crippen LogP contribution in [-0.4, -0.2) is 23.3 Å². The van der Waals surface area contributed by atoms with Crippen molar-refractivity contribution in [2.24, 2.45) is 16.8 Å². The fourth-order valence-electron chi connectivity index (χ4n) is 1.90. The summed E-state index contributed by atoms with van der Waals surface area (Å²) in [6.07, 6.45) is 1.95. The van der Waals surface area contributed by atoms with Crippen molar-refractivity contribution in [3.8, 4) is 0 Å². The number of nitrogens with zero attached hydrogens (tertiary/aromatic N) is 1. The minimum atomic E-state index is -0.677. The van der Waals surface area contributed by atoms with E-state index in [4.69, 9.17) is 10.5 Å². The normalized spacial score (nSPS) is 23.4. The topological polar surface area (TPSA) is 93.8 Å². The van der Waals surface area contributed by atoms with Crippen molar-refractivity contribution in [2.75, 3.05) is 0 Å². The summed E-state index contributed by atoms with van der Waals surface area (Å²) >= 11 is 0. The van der Waals surface area contributed by atoms with Crippen LogP contribution in [-0.2, 0) is 9.53 Å². The summed E-state index contributed by atoms with van der Waals surface area (Å²) in [5, 5.41) is 3.82. The van der Waals surface area contributed by atoms with E-state index in [1.807, 2.05) is 13.8 Å². The number of hydrazone groups is 1. The van der Waals surface area contributed by atoms with Gasteiger partial charge in [-0.05, 0) is 33.6 Å². The number of ether oxygens (including phenoxy) is 1. The zero-order chi connectivity index (χ0) is 13.1. The second-order valence-electron chi connectivity index (χ2n) is 4.84. The molecule has 1 heterocycles. The van der Waals surface area contributed by atoms with Gasteiger partial charge >= 0.3 is 12.0 Å². The van der Waals surface area contributed by atoms with Gasteiger partial charge in [-0.2, -0.15) is 5.10 Å². The molecule has 0 radical (unpaired) electrons. The Bertz CT molecular complexity index is 350. The number of nitrogens with one attached hydrogen (secondary N) is 1. The van der Waals surface area contributed by atoms with E-state index in [1.165, 1.54) is 0 Å². The first kappa shape index (κ1) is 13.5. The SMILES string of the molecule is C/C(CC[C@H]1CC(=O)OC1(C)C)=N\NC(N)=O. The minimum absolute atomic E-state index is 0.148. The minimum Gasteiger partial charge on any atom is -0.459 e. The molecule has 1 aliphatic heterocycles. The number of amides is 2. The molecule has 1 saturated heterocycles. The van der Waals surface area contributed by atoms with Gasteiger partial charge < -0.3 is 10.5 Å². The number of esters is 1. The molecule has 0 unspecified atom stereocenters. The third-order valence-corrected chi connectivity index (χ3v) is 2.98. The quantitative estimate of drug-likeness (QED) is 0.439. The summed E-state index contributed by atoms with van der Waals surface area (Å²) in [6, 6.07) is -0.677. The fourth-order valence-corrected chi connectivity index (χ4v) is 1.90. The van der Waals surface area contributed by atoms with Crippen LogP contribution < -0.4 is 11.2 Å². The standard InChI is InChI=1S/C11H19N3O3/c1-7(13-14-10(12)16)4-5-8-6-9(15)17-11(8,2)3/h8H,4-6H2,1-3H3,(H3,12,14,16)/b13-7+/t8-/m0/s1. The molecule has 0 aliphatic carbocycles. The van der Waals surface area contributed by atoms with E-state index < -0.39 is 11.6 Å². The molecule has 0 aromatic heterocycles. The Hall–Kier alpha value is -1.59. The first-order chi connectivity index (χ1) is 7.81. The first-order valence-electron chi connectivity index (χ1n) is 5.61. The lowest BCUT2D eigenvalue weighted by Crippen LogP contribution is -2.28. The number of cyclic esters (lactones) is 1. The number of carbonyl (C=O) groups is 2. The van der Waals surface area contributed by atoms with Crippen LogP contribution in [0.1, 0.15) is 40.0 Å². The molecule has 6 heteroatoms. The average molecular weight is 241 g/mol. The third kappa shape index (κ3) is 4.05. The predicted molar refractivity (Wildman–Crippen MR) is 63.3 cm³/mol. The average Bonchev–Trinajstić information content (AvgIpc) is 2.45. The summed E-state index contributed by atoms with van der Waals surface area (Å²) in [4.78, 5) is 21.7. The van der Waals surface area contributed by atoms with Gasteiger partial charge in [0.1, 0.15) is 5.60 Å². The Labute approximate surface area is 101 Å². The van der Waals surface area contributed by atoms with Crippen molar-refractivity contribution >= 4 is 17.7 Å². The molecule has 0 aromatic carbocycles. The Morgan fingerprint density at radius 2 is 2.29 bits per heavy atom. The highest BCUT2D eigenvalue weighted by molar-refractivity contribution is 5.83. The van der Waals surface area contributed by atoms with Crippen molar-refractivity contribution in [1.82, 2.24) is 5.43 Å². The van der Waals surface area contributed by atoms with Gasteiger partial charge in [0.2, 0.25) is 0 Å². The largest absolute Gasteiger partial charge is 0.459 e. The number of primary amides is 1. The Kier molecular flexibility index (Phi) is 4.09. The predicted octanol–water partition coefficient (Wildman–Crippen LogP) is 1.15. The zero-order valence-electron chi connectivity index (χ0n) is 10.4. The highest BCUT2D eigenvalue weighted by Gasteiger charge is 2.40. The van der Waals surface area contributed by atoms with Crippen molar-refractivity contribution in [2.45, 2.75) is 45.6 Å². The van der Waals surface area contributed by atoms with E-state index in [1.54, 1.807) is 6.92 Å². The number of urea groups is 1. The number of hydrogen-bond donors (Lipinski definition) is 2. The second kappa shape index (κ2) is 5.16.